The van der Waals surface area contributed by atoms with E-state index in [0.29, 0.717) is 30.1 Å². The van der Waals surface area contributed by atoms with E-state index >= 15 is 0 Å². The average molecular weight is 510 g/mol. The average Bonchev–Trinajstić information content (AvgIpc) is 3.17. The van der Waals surface area contributed by atoms with Gasteiger partial charge < -0.3 is 4.90 Å². The van der Waals surface area contributed by atoms with E-state index in [1.54, 1.807) is 36.1 Å². The van der Waals surface area contributed by atoms with Crippen LogP contribution in [0.25, 0.3) is 11.3 Å². The molecule has 1 aromatic carbocycles. The van der Waals surface area contributed by atoms with Crippen LogP contribution in [0, 0.1) is 12.8 Å². The van der Waals surface area contributed by atoms with Crippen molar-refractivity contribution in [1.29, 1.82) is 0 Å². The molecule has 2 aliphatic rings. The SMILES string of the molecule is Cc1cc(-c2cn(CCCN3C[C@@H]4C[C@]4(c4ccc(C(F)(F)F)cc4)C3)c(=O)[nH]c2=O)n(C)n1.Cl. The number of halogens is 4. The molecule has 2 fully saturated rings. The number of rotatable bonds is 6. The van der Waals surface area contributed by atoms with Crippen molar-refractivity contribution < 1.29 is 13.2 Å². The molecule has 7 nitrogen and oxygen atoms in total. The maximum absolute atomic E-state index is 12.9. The predicted octanol–water partition coefficient (Wildman–Crippen LogP) is 3.35. The molecule has 1 aliphatic carbocycles. The summed E-state index contributed by atoms with van der Waals surface area (Å²) in [6, 6.07) is 7.39. The summed E-state index contributed by atoms with van der Waals surface area (Å²) in [5.41, 5.74) is 1.23. The van der Waals surface area contributed by atoms with Gasteiger partial charge in [-0.2, -0.15) is 18.3 Å². The van der Waals surface area contributed by atoms with E-state index in [1.165, 1.54) is 16.7 Å². The third-order valence-electron chi connectivity index (χ3n) is 7.17. The molecule has 1 saturated carbocycles. The van der Waals surface area contributed by atoms with Crippen LogP contribution in [0.4, 0.5) is 13.2 Å². The second-order valence-corrected chi connectivity index (χ2v) is 9.51. The summed E-state index contributed by atoms with van der Waals surface area (Å²) in [6.45, 7) is 4.77. The number of alkyl halides is 3. The Hall–Kier alpha value is -2.85. The molecule has 0 spiro atoms. The fraction of sp³-hybridized carbons (Fsp3) is 0.458. The normalized spacial score (nSPS) is 21.6. The van der Waals surface area contributed by atoms with Crippen molar-refractivity contribution in [1.82, 2.24) is 24.2 Å². The Morgan fingerprint density at radius 1 is 1.17 bits per heavy atom. The zero-order chi connectivity index (χ0) is 24.3. The highest BCUT2D eigenvalue weighted by Crippen LogP contribution is 2.59. The third-order valence-corrected chi connectivity index (χ3v) is 7.17. The molecule has 11 heteroatoms. The van der Waals surface area contributed by atoms with E-state index in [2.05, 4.69) is 15.0 Å². The number of nitrogens with one attached hydrogen (secondary N) is 1. The maximum Gasteiger partial charge on any atom is 0.416 e. The summed E-state index contributed by atoms with van der Waals surface area (Å²) >= 11 is 0. The fourth-order valence-corrected chi connectivity index (χ4v) is 5.38. The molecule has 1 saturated heterocycles. The first kappa shape index (κ1) is 25.2. The molecule has 2 aromatic heterocycles. The third kappa shape index (κ3) is 4.69. The van der Waals surface area contributed by atoms with E-state index in [4.69, 9.17) is 0 Å². The topological polar surface area (TPSA) is 75.9 Å². The van der Waals surface area contributed by atoms with Gasteiger partial charge >= 0.3 is 11.9 Å². The Balaban J connectivity index is 0.00000289. The first-order valence-corrected chi connectivity index (χ1v) is 11.3. The molecule has 188 valence electrons. The molecule has 0 unspecified atom stereocenters. The standard InChI is InChI=1S/C24H26F3N5O2.ClH/c1-15-10-20(30(2)29-15)19-13-32(22(34)28-21(19)33)9-3-8-31-12-18-11-23(18,14-31)16-4-6-17(7-5-16)24(25,26)27;/h4-7,10,13,18H,3,8-9,11-12,14H2,1-2H3,(H,28,33,34);1H/t18-,23+;/m0./s1. The van der Waals surface area contributed by atoms with Crippen LogP contribution < -0.4 is 11.2 Å². The number of likely N-dealkylation sites (tertiary alicyclic amines) is 1. The van der Waals surface area contributed by atoms with Crippen molar-refractivity contribution in [3.63, 3.8) is 0 Å². The zero-order valence-corrected chi connectivity index (χ0v) is 20.2. The van der Waals surface area contributed by atoms with Gasteiger partial charge in [-0.25, -0.2) is 4.79 Å². The number of benzene rings is 1. The van der Waals surface area contributed by atoms with Crippen LogP contribution in [0.15, 0.2) is 46.1 Å². The minimum absolute atomic E-state index is 0. The lowest BCUT2D eigenvalue weighted by molar-refractivity contribution is -0.137. The maximum atomic E-state index is 12.9. The van der Waals surface area contributed by atoms with Crippen molar-refractivity contribution >= 4 is 12.4 Å². The summed E-state index contributed by atoms with van der Waals surface area (Å²) in [7, 11) is 1.75. The van der Waals surface area contributed by atoms with Gasteiger partial charge in [-0.3, -0.25) is 19.0 Å². The van der Waals surface area contributed by atoms with Gasteiger partial charge in [-0.15, -0.1) is 12.4 Å². The molecular formula is C24H27ClF3N5O2. The molecular weight excluding hydrogens is 483 g/mol. The number of nitrogens with zero attached hydrogens (tertiary/aromatic N) is 4. The number of piperidine rings is 1. The summed E-state index contributed by atoms with van der Waals surface area (Å²) in [4.78, 5) is 29.4. The van der Waals surface area contributed by atoms with E-state index in [9.17, 15) is 22.8 Å². The van der Waals surface area contributed by atoms with Crippen molar-refractivity contribution in [3.8, 4) is 11.3 Å². The minimum Gasteiger partial charge on any atom is -0.302 e. The quantitative estimate of drug-likeness (QED) is 0.553. The number of hydrogen-bond donors (Lipinski definition) is 1. The van der Waals surface area contributed by atoms with Gasteiger partial charge in [0.1, 0.15) is 0 Å². The molecule has 3 heterocycles. The Morgan fingerprint density at radius 3 is 2.51 bits per heavy atom. The van der Waals surface area contributed by atoms with E-state index in [1.807, 2.05) is 6.92 Å². The molecule has 0 bridgehead atoms. The molecule has 0 radical (unpaired) electrons. The number of aromatic amines is 1. The zero-order valence-electron chi connectivity index (χ0n) is 19.4. The van der Waals surface area contributed by atoms with Gasteiger partial charge in [-0.05, 0) is 56.0 Å². The summed E-state index contributed by atoms with van der Waals surface area (Å²) in [5, 5.41) is 4.27. The minimum atomic E-state index is -4.32. The van der Waals surface area contributed by atoms with Crippen LogP contribution in [-0.4, -0.2) is 43.9 Å². The highest BCUT2D eigenvalue weighted by molar-refractivity contribution is 5.85. The molecule has 5 rings (SSSR count). The van der Waals surface area contributed by atoms with Crippen molar-refractivity contribution in [2.75, 3.05) is 19.6 Å². The van der Waals surface area contributed by atoms with Gasteiger partial charge in [0.25, 0.3) is 5.56 Å². The van der Waals surface area contributed by atoms with E-state index < -0.39 is 23.0 Å². The molecule has 1 N–H and O–H groups in total. The van der Waals surface area contributed by atoms with Crippen LogP contribution in [0.2, 0.25) is 0 Å². The largest absolute Gasteiger partial charge is 0.416 e. The molecule has 0 amide bonds. The Bertz CT molecular complexity index is 1340. The van der Waals surface area contributed by atoms with Crippen molar-refractivity contribution in [2.45, 2.75) is 37.9 Å². The lowest BCUT2D eigenvalue weighted by atomic mass is 9.94. The number of aromatic nitrogens is 4. The highest BCUT2D eigenvalue weighted by Gasteiger charge is 2.60. The van der Waals surface area contributed by atoms with Gasteiger partial charge in [0.2, 0.25) is 0 Å². The van der Waals surface area contributed by atoms with E-state index in [-0.39, 0.29) is 17.8 Å². The lowest BCUT2D eigenvalue weighted by Gasteiger charge is -2.21. The Morgan fingerprint density at radius 2 is 1.89 bits per heavy atom. The van der Waals surface area contributed by atoms with Gasteiger partial charge in [0, 0.05) is 38.3 Å². The van der Waals surface area contributed by atoms with Gasteiger partial charge in [0.05, 0.1) is 22.5 Å². The number of H-pyrrole nitrogens is 1. The number of aryl methyl sites for hydroxylation is 3. The molecule has 3 aromatic rings. The van der Waals surface area contributed by atoms with Crippen molar-refractivity contribution in [2.24, 2.45) is 13.0 Å². The van der Waals surface area contributed by atoms with Gasteiger partial charge in [0.15, 0.2) is 0 Å². The monoisotopic (exact) mass is 509 g/mol. The highest BCUT2D eigenvalue weighted by atomic mass is 35.5. The molecule has 1 aliphatic heterocycles. The fourth-order valence-electron chi connectivity index (χ4n) is 5.38. The Kier molecular flexibility index (Phi) is 6.48. The van der Waals surface area contributed by atoms with Gasteiger partial charge in [-0.1, -0.05) is 12.1 Å². The second kappa shape index (κ2) is 8.98. The molecule has 35 heavy (non-hydrogen) atoms. The Labute approximate surface area is 206 Å². The predicted molar refractivity (Wildman–Crippen MR) is 128 cm³/mol. The van der Waals surface area contributed by atoms with Crippen molar-refractivity contribution in [3.05, 3.63) is 74.2 Å². The summed E-state index contributed by atoms with van der Waals surface area (Å²) in [6.07, 6.45) is -1.02. The van der Waals surface area contributed by atoms with Crippen LogP contribution in [0.1, 0.15) is 29.7 Å². The molecule has 2 atom stereocenters. The summed E-state index contributed by atoms with van der Waals surface area (Å²) in [5.74, 6) is 0.458. The first-order chi connectivity index (χ1) is 16.1. The number of hydrogen-bond acceptors (Lipinski definition) is 4. The lowest BCUT2D eigenvalue weighted by Crippen LogP contribution is -2.32. The second-order valence-electron chi connectivity index (χ2n) is 9.51. The van der Waals surface area contributed by atoms with Crippen LogP contribution in [0.3, 0.4) is 0 Å². The summed E-state index contributed by atoms with van der Waals surface area (Å²) < 4.78 is 41.8. The van der Waals surface area contributed by atoms with Crippen LogP contribution in [-0.2, 0) is 25.2 Å². The van der Waals surface area contributed by atoms with E-state index in [0.717, 1.165) is 37.3 Å². The number of fused-ring (bicyclic) bond motifs is 1. The van der Waals surface area contributed by atoms with Crippen LogP contribution in [0.5, 0.6) is 0 Å². The van der Waals surface area contributed by atoms with Crippen LogP contribution >= 0.6 is 12.4 Å². The first-order valence-electron chi connectivity index (χ1n) is 11.3. The smallest absolute Gasteiger partial charge is 0.302 e.